The van der Waals surface area contributed by atoms with Gasteiger partial charge in [0.05, 0.1) is 6.54 Å². The lowest BCUT2D eigenvalue weighted by molar-refractivity contribution is -0.118. The average molecular weight is 500 g/mol. The summed E-state index contributed by atoms with van der Waals surface area (Å²) in [6.07, 6.45) is -0.0919. The van der Waals surface area contributed by atoms with Crippen molar-refractivity contribution in [3.8, 4) is 28.7 Å². The fourth-order valence-electron chi connectivity index (χ4n) is 4.20. The van der Waals surface area contributed by atoms with Crippen LogP contribution in [0.1, 0.15) is 12.0 Å². The molecule has 3 aromatic rings. The maximum atomic E-state index is 12.4. The van der Waals surface area contributed by atoms with Gasteiger partial charge in [-0.2, -0.15) is 5.26 Å². The van der Waals surface area contributed by atoms with Gasteiger partial charge in [-0.05, 0) is 60.0 Å². The summed E-state index contributed by atoms with van der Waals surface area (Å²) in [5.41, 5.74) is 3.19. The first-order valence-electron chi connectivity index (χ1n) is 11.9. The van der Waals surface area contributed by atoms with E-state index >= 15 is 0 Å². The van der Waals surface area contributed by atoms with E-state index in [4.69, 9.17) is 19.5 Å². The van der Waals surface area contributed by atoms with Crippen LogP contribution in [-0.2, 0) is 16.1 Å². The van der Waals surface area contributed by atoms with Crippen LogP contribution in [0.15, 0.2) is 60.7 Å². The minimum atomic E-state index is -0.464. The number of nitrogens with zero attached hydrogens (tertiary/aromatic N) is 3. The number of cyclic esters (lactones) is 1. The molecule has 2 aliphatic heterocycles. The minimum Gasteiger partial charge on any atom is -0.480 e. The molecule has 1 atom stereocenters. The average Bonchev–Trinajstić information content (AvgIpc) is 3.30. The number of amides is 2. The van der Waals surface area contributed by atoms with E-state index in [0.29, 0.717) is 49.2 Å². The smallest absolute Gasteiger partial charge is 0.415 e. The second-order valence-corrected chi connectivity index (χ2v) is 8.61. The summed E-state index contributed by atoms with van der Waals surface area (Å²) in [5, 5.41) is 14.8. The summed E-state index contributed by atoms with van der Waals surface area (Å²) < 4.78 is 16.2. The molecule has 188 valence electrons. The molecule has 1 saturated heterocycles. The van der Waals surface area contributed by atoms with E-state index in [1.165, 1.54) is 4.90 Å². The first-order valence-corrected chi connectivity index (χ1v) is 11.9. The summed E-state index contributed by atoms with van der Waals surface area (Å²) in [6.45, 7) is 1.66. The molecule has 2 amide bonds. The molecule has 1 unspecified atom stereocenters. The molecule has 2 aliphatic rings. The molecular weight excluding hydrogens is 474 g/mol. The SMILES string of the molecule is N#CCOc1cccc(-c2cccc(CNCCC3CN(c4ccc5c(n4)NC(=O)CO5)C(=O)O3)c2)c1. The van der Waals surface area contributed by atoms with E-state index in [0.717, 1.165) is 16.7 Å². The summed E-state index contributed by atoms with van der Waals surface area (Å²) in [5.74, 6) is 1.56. The number of rotatable bonds is 9. The first kappa shape index (κ1) is 24.1. The Bertz CT molecular complexity index is 1360. The number of hydrogen-bond acceptors (Lipinski definition) is 8. The van der Waals surface area contributed by atoms with E-state index < -0.39 is 6.09 Å². The normalized spacial score (nSPS) is 16.3. The van der Waals surface area contributed by atoms with Gasteiger partial charge in [0.25, 0.3) is 5.91 Å². The molecule has 1 fully saturated rings. The van der Waals surface area contributed by atoms with Crippen LogP contribution in [-0.4, -0.2) is 49.4 Å². The predicted octanol–water partition coefficient (Wildman–Crippen LogP) is 3.49. The standard InChI is InChI=1S/C27H25N5O5/c28-10-12-35-21-6-2-5-20(14-21)19-4-1-3-18(13-19)15-29-11-9-22-16-32(27(34)37-22)24-8-7-23-26(30-24)31-25(33)17-36-23/h1-8,13-14,22,29H,9,11-12,15-17H2,(H,30,31,33). The largest absolute Gasteiger partial charge is 0.480 e. The molecular formula is C27H25N5O5. The Balaban J connectivity index is 1.12. The lowest BCUT2D eigenvalue weighted by Crippen LogP contribution is -2.29. The predicted molar refractivity (Wildman–Crippen MR) is 135 cm³/mol. The lowest BCUT2D eigenvalue weighted by Gasteiger charge is -2.19. The Morgan fingerprint density at radius 1 is 1.14 bits per heavy atom. The maximum Gasteiger partial charge on any atom is 0.415 e. The number of benzene rings is 2. The van der Waals surface area contributed by atoms with Crippen LogP contribution in [0, 0.1) is 11.3 Å². The quantitative estimate of drug-likeness (QED) is 0.429. The zero-order valence-electron chi connectivity index (χ0n) is 20.0. The number of anilines is 2. The maximum absolute atomic E-state index is 12.4. The highest BCUT2D eigenvalue weighted by molar-refractivity contribution is 5.95. The van der Waals surface area contributed by atoms with Crippen molar-refractivity contribution in [2.45, 2.75) is 19.1 Å². The highest BCUT2D eigenvalue weighted by Crippen LogP contribution is 2.30. The molecule has 10 nitrogen and oxygen atoms in total. The highest BCUT2D eigenvalue weighted by atomic mass is 16.6. The van der Waals surface area contributed by atoms with E-state index in [1.807, 2.05) is 48.5 Å². The van der Waals surface area contributed by atoms with Crippen molar-refractivity contribution >= 4 is 23.6 Å². The summed E-state index contributed by atoms with van der Waals surface area (Å²) in [4.78, 5) is 29.8. The number of nitrogens with one attached hydrogen (secondary N) is 2. The van der Waals surface area contributed by atoms with Gasteiger partial charge >= 0.3 is 6.09 Å². The third-order valence-corrected chi connectivity index (χ3v) is 5.98. The van der Waals surface area contributed by atoms with Crippen molar-refractivity contribution in [3.63, 3.8) is 0 Å². The van der Waals surface area contributed by atoms with Crippen LogP contribution in [0.3, 0.4) is 0 Å². The van der Waals surface area contributed by atoms with Gasteiger partial charge in [-0.25, -0.2) is 9.78 Å². The zero-order valence-corrected chi connectivity index (χ0v) is 20.0. The number of ether oxygens (including phenoxy) is 3. The van der Waals surface area contributed by atoms with Gasteiger partial charge in [-0.15, -0.1) is 0 Å². The van der Waals surface area contributed by atoms with Gasteiger partial charge in [0.1, 0.15) is 23.7 Å². The second kappa shape index (κ2) is 11.0. The van der Waals surface area contributed by atoms with Gasteiger partial charge in [-0.3, -0.25) is 9.69 Å². The summed E-state index contributed by atoms with van der Waals surface area (Å²) >= 11 is 0. The monoisotopic (exact) mass is 499 g/mol. The molecule has 10 heteroatoms. The van der Waals surface area contributed by atoms with Crippen molar-refractivity contribution in [2.24, 2.45) is 0 Å². The Labute approximate surface area is 213 Å². The van der Waals surface area contributed by atoms with Gasteiger partial charge in [0, 0.05) is 6.54 Å². The number of carbonyl (C=O) groups excluding carboxylic acids is 2. The van der Waals surface area contributed by atoms with E-state index in [9.17, 15) is 9.59 Å². The minimum absolute atomic E-state index is 0.0124. The lowest BCUT2D eigenvalue weighted by atomic mass is 10.0. The van der Waals surface area contributed by atoms with Crippen LogP contribution in [0.4, 0.5) is 16.4 Å². The molecule has 37 heavy (non-hydrogen) atoms. The van der Waals surface area contributed by atoms with E-state index in [2.05, 4.69) is 21.7 Å². The molecule has 0 radical (unpaired) electrons. The molecule has 2 aromatic carbocycles. The van der Waals surface area contributed by atoms with Crippen LogP contribution in [0.5, 0.6) is 11.5 Å². The Morgan fingerprint density at radius 2 is 1.97 bits per heavy atom. The van der Waals surface area contributed by atoms with Crippen LogP contribution in [0.25, 0.3) is 11.1 Å². The van der Waals surface area contributed by atoms with Crippen LogP contribution in [0.2, 0.25) is 0 Å². The van der Waals surface area contributed by atoms with Gasteiger partial charge in [-0.1, -0.05) is 30.3 Å². The van der Waals surface area contributed by atoms with Crippen molar-refractivity contribution in [3.05, 3.63) is 66.2 Å². The second-order valence-electron chi connectivity index (χ2n) is 8.61. The first-order chi connectivity index (χ1) is 18.1. The molecule has 2 N–H and O–H groups in total. The number of aromatic nitrogens is 1. The summed E-state index contributed by atoms with van der Waals surface area (Å²) in [6, 6.07) is 21.2. The molecule has 0 bridgehead atoms. The molecule has 0 saturated carbocycles. The zero-order chi connectivity index (χ0) is 25.6. The van der Waals surface area contributed by atoms with Crippen LogP contribution >= 0.6 is 0 Å². The van der Waals surface area contributed by atoms with Gasteiger partial charge < -0.3 is 24.8 Å². The van der Waals surface area contributed by atoms with Gasteiger partial charge in [0.15, 0.2) is 24.8 Å². The fourth-order valence-corrected chi connectivity index (χ4v) is 4.20. The molecule has 5 rings (SSSR count). The molecule has 3 heterocycles. The molecule has 1 aromatic heterocycles. The Morgan fingerprint density at radius 3 is 2.84 bits per heavy atom. The van der Waals surface area contributed by atoms with Crippen molar-refractivity contribution in [2.75, 3.05) is 36.5 Å². The number of carbonyl (C=O) groups is 2. The highest BCUT2D eigenvalue weighted by Gasteiger charge is 2.33. The van der Waals surface area contributed by atoms with Crippen LogP contribution < -0.4 is 25.0 Å². The number of fused-ring (bicyclic) bond motifs is 1. The Hall–Kier alpha value is -4.62. The molecule has 0 spiro atoms. The van der Waals surface area contributed by atoms with Crippen molar-refractivity contribution in [1.29, 1.82) is 5.26 Å². The van der Waals surface area contributed by atoms with Crippen molar-refractivity contribution in [1.82, 2.24) is 10.3 Å². The third kappa shape index (κ3) is 5.79. The van der Waals surface area contributed by atoms with E-state index in [1.54, 1.807) is 12.1 Å². The third-order valence-electron chi connectivity index (χ3n) is 5.98. The Kier molecular flexibility index (Phi) is 7.14. The fraction of sp³-hybridized carbons (Fsp3) is 0.259. The summed E-state index contributed by atoms with van der Waals surface area (Å²) in [7, 11) is 0. The topological polar surface area (TPSA) is 126 Å². The number of pyridine rings is 1. The molecule has 0 aliphatic carbocycles. The number of hydrogen-bond donors (Lipinski definition) is 2. The van der Waals surface area contributed by atoms with Gasteiger partial charge in [0.2, 0.25) is 0 Å². The van der Waals surface area contributed by atoms with Crippen molar-refractivity contribution < 1.29 is 23.8 Å². The van der Waals surface area contributed by atoms with E-state index in [-0.39, 0.29) is 25.2 Å². The number of nitriles is 1.